The van der Waals surface area contributed by atoms with Gasteiger partial charge in [0.2, 0.25) is 0 Å². The van der Waals surface area contributed by atoms with E-state index >= 15 is 0 Å². The number of aryl methyl sites for hydroxylation is 3. The fourth-order valence-corrected chi connectivity index (χ4v) is 4.99. The summed E-state index contributed by atoms with van der Waals surface area (Å²) < 4.78 is 35.4. The van der Waals surface area contributed by atoms with Gasteiger partial charge in [0.05, 0.1) is 16.8 Å². The average Bonchev–Trinajstić information content (AvgIpc) is 2.93. The number of ether oxygens (including phenoxy) is 1. The Morgan fingerprint density at radius 3 is 2.48 bits per heavy atom. The smallest absolute Gasteiger partial charge is 0.262 e. The van der Waals surface area contributed by atoms with Crippen molar-refractivity contribution in [2.24, 2.45) is 5.92 Å². The Bertz CT molecular complexity index is 829. The summed E-state index contributed by atoms with van der Waals surface area (Å²) in [5, 5.41) is 4.30. The maximum atomic E-state index is 12.8. The highest BCUT2D eigenvalue weighted by Crippen LogP contribution is 2.24. The van der Waals surface area contributed by atoms with Crippen LogP contribution in [-0.2, 0) is 21.3 Å². The largest absolute Gasteiger partial charge is 0.381 e. The molecule has 6 nitrogen and oxygen atoms in total. The summed E-state index contributed by atoms with van der Waals surface area (Å²) in [6.45, 7) is 7.97. The minimum absolute atomic E-state index is 0.343. The van der Waals surface area contributed by atoms with Gasteiger partial charge in [-0.2, -0.15) is 5.10 Å². The second-order valence-corrected chi connectivity index (χ2v) is 8.46. The van der Waals surface area contributed by atoms with Crippen LogP contribution in [0.2, 0.25) is 0 Å². The molecule has 1 aromatic carbocycles. The number of nitrogens with one attached hydrogen (secondary N) is 1. The lowest BCUT2D eigenvalue weighted by Gasteiger charge is -2.21. The Kier molecular flexibility index (Phi) is 5.15. The zero-order chi connectivity index (χ0) is 18.0. The Morgan fingerprint density at radius 2 is 1.84 bits per heavy atom. The van der Waals surface area contributed by atoms with E-state index in [4.69, 9.17) is 4.74 Å². The lowest BCUT2D eigenvalue weighted by Crippen LogP contribution is -2.20. The molecule has 0 amide bonds. The number of rotatable bonds is 5. The van der Waals surface area contributed by atoms with Crippen LogP contribution in [0.3, 0.4) is 0 Å². The third-order valence-corrected chi connectivity index (χ3v) is 6.23. The number of hydrogen-bond donors (Lipinski definition) is 1. The van der Waals surface area contributed by atoms with E-state index in [-0.39, 0.29) is 0 Å². The monoisotopic (exact) mass is 363 g/mol. The predicted molar refractivity (Wildman–Crippen MR) is 97.2 cm³/mol. The second kappa shape index (κ2) is 7.17. The number of hydrogen-bond acceptors (Lipinski definition) is 4. The Balaban J connectivity index is 1.75. The van der Waals surface area contributed by atoms with Gasteiger partial charge in [-0.3, -0.25) is 9.40 Å². The van der Waals surface area contributed by atoms with Gasteiger partial charge in [0.25, 0.3) is 10.0 Å². The number of benzene rings is 1. The summed E-state index contributed by atoms with van der Waals surface area (Å²) >= 11 is 0. The quantitative estimate of drug-likeness (QED) is 0.886. The number of nitrogens with zero attached hydrogens (tertiary/aromatic N) is 2. The fraction of sp³-hybridized carbons (Fsp3) is 0.500. The first-order valence-electron chi connectivity index (χ1n) is 8.56. The molecule has 1 fully saturated rings. The highest BCUT2D eigenvalue weighted by molar-refractivity contribution is 7.92. The second-order valence-electron chi connectivity index (χ2n) is 6.84. The summed E-state index contributed by atoms with van der Waals surface area (Å²) in [6.07, 6.45) is 5.35. The molecule has 1 aliphatic heterocycles. The summed E-state index contributed by atoms with van der Waals surface area (Å²) in [7, 11) is -3.63. The van der Waals surface area contributed by atoms with Crippen molar-refractivity contribution in [1.29, 1.82) is 0 Å². The molecule has 7 heteroatoms. The van der Waals surface area contributed by atoms with Gasteiger partial charge in [-0.15, -0.1) is 0 Å². The molecule has 1 N–H and O–H groups in total. The Hall–Kier alpha value is -1.86. The first-order valence-corrected chi connectivity index (χ1v) is 10.0. The van der Waals surface area contributed by atoms with Crippen molar-refractivity contribution in [1.82, 2.24) is 9.78 Å². The van der Waals surface area contributed by atoms with Crippen LogP contribution in [0.4, 0.5) is 5.69 Å². The lowest BCUT2D eigenvalue weighted by molar-refractivity contribution is 0.0601. The molecule has 136 valence electrons. The third-order valence-electron chi connectivity index (χ3n) is 4.54. The number of aromatic nitrogens is 2. The van der Waals surface area contributed by atoms with Gasteiger partial charge < -0.3 is 4.74 Å². The molecule has 2 heterocycles. The third kappa shape index (κ3) is 4.22. The maximum absolute atomic E-state index is 12.8. The van der Waals surface area contributed by atoms with Crippen molar-refractivity contribution >= 4 is 15.7 Å². The highest BCUT2D eigenvalue weighted by Gasteiger charge is 2.21. The lowest BCUT2D eigenvalue weighted by atomic mass is 10.0. The minimum atomic E-state index is -3.63. The zero-order valence-electron chi connectivity index (χ0n) is 14.9. The van der Waals surface area contributed by atoms with Gasteiger partial charge in [0, 0.05) is 26.0 Å². The molecule has 0 radical (unpaired) electrons. The highest BCUT2D eigenvalue weighted by atomic mass is 32.2. The van der Waals surface area contributed by atoms with E-state index in [1.54, 1.807) is 12.4 Å². The van der Waals surface area contributed by atoms with E-state index in [9.17, 15) is 8.42 Å². The van der Waals surface area contributed by atoms with Crippen LogP contribution in [0.1, 0.15) is 29.5 Å². The molecule has 25 heavy (non-hydrogen) atoms. The first kappa shape index (κ1) is 17.9. The van der Waals surface area contributed by atoms with E-state index in [2.05, 4.69) is 9.82 Å². The van der Waals surface area contributed by atoms with Crippen molar-refractivity contribution in [2.75, 3.05) is 17.9 Å². The molecule has 0 atom stereocenters. The molecule has 0 saturated carbocycles. The average molecular weight is 363 g/mol. The molecular weight excluding hydrogens is 338 g/mol. The van der Waals surface area contributed by atoms with Gasteiger partial charge in [0.15, 0.2) is 0 Å². The molecular formula is C18H25N3O3S. The van der Waals surface area contributed by atoms with Crippen LogP contribution in [0, 0.1) is 26.7 Å². The molecule has 0 bridgehead atoms. The van der Waals surface area contributed by atoms with Crippen molar-refractivity contribution in [3.8, 4) is 0 Å². The van der Waals surface area contributed by atoms with E-state index in [1.807, 2.05) is 37.6 Å². The molecule has 0 unspecified atom stereocenters. The fourth-order valence-electron chi connectivity index (χ4n) is 3.51. The van der Waals surface area contributed by atoms with Gasteiger partial charge in [-0.05, 0) is 50.7 Å². The van der Waals surface area contributed by atoms with Gasteiger partial charge in [-0.1, -0.05) is 17.7 Å². The Labute approximate surface area is 149 Å². The van der Waals surface area contributed by atoms with Crippen LogP contribution in [0.5, 0.6) is 0 Å². The SMILES string of the molecule is Cc1cc(C)c(S(=O)(=O)Nc2cnn(CC3CCOCC3)c2)c(C)c1. The summed E-state index contributed by atoms with van der Waals surface area (Å²) in [5.41, 5.74) is 3.05. The van der Waals surface area contributed by atoms with Crippen LogP contribution < -0.4 is 4.72 Å². The Morgan fingerprint density at radius 1 is 1.20 bits per heavy atom. The molecule has 0 spiro atoms. The van der Waals surface area contributed by atoms with E-state index < -0.39 is 10.0 Å². The summed E-state index contributed by atoms with van der Waals surface area (Å²) in [4.78, 5) is 0.343. The molecule has 2 aromatic rings. The molecule has 1 saturated heterocycles. The zero-order valence-corrected chi connectivity index (χ0v) is 15.8. The molecule has 1 aromatic heterocycles. The maximum Gasteiger partial charge on any atom is 0.262 e. The van der Waals surface area contributed by atoms with Gasteiger partial charge in [0.1, 0.15) is 0 Å². The standard InChI is InChI=1S/C18H25N3O3S/c1-13-8-14(2)18(15(3)9-13)25(22,23)20-17-10-19-21(12-17)11-16-4-6-24-7-5-16/h8-10,12,16,20H,4-7,11H2,1-3H3. The predicted octanol–water partition coefficient (Wildman–Crippen LogP) is 3.04. The van der Waals surface area contributed by atoms with Gasteiger partial charge >= 0.3 is 0 Å². The van der Waals surface area contributed by atoms with E-state index in [0.717, 1.165) is 49.3 Å². The van der Waals surface area contributed by atoms with Crippen LogP contribution in [-0.4, -0.2) is 31.4 Å². The van der Waals surface area contributed by atoms with E-state index in [0.29, 0.717) is 16.5 Å². The first-order chi connectivity index (χ1) is 11.8. The van der Waals surface area contributed by atoms with Crippen molar-refractivity contribution in [3.63, 3.8) is 0 Å². The van der Waals surface area contributed by atoms with Crippen LogP contribution in [0.15, 0.2) is 29.4 Å². The molecule has 1 aliphatic rings. The van der Waals surface area contributed by atoms with Crippen molar-refractivity contribution in [3.05, 3.63) is 41.2 Å². The summed E-state index contributed by atoms with van der Waals surface area (Å²) in [5.74, 6) is 0.527. The van der Waals surface area contributed by atoms with E-state index in [1.165, 1.54) is 0 Å². The molecule has 3 rings (SSSR count). The number of anilines is 1. The topological polar surface area (TPSA) is 73.2 Å². The number of sulfonamides is 1. The summed E-state index contributed by atoms with van der Waals surface area (Å²) in [6, 6.07) is 3.77. The minimum Gasteiger partial charge on any atom is -0.381 e. The van der Waals surface area contributed by atoms with Crippen LogP contribution in [0.25, 0.3) is 0 Å². The van der Waals surface area contributed by atoms with Crippen molar-refractivity contribution < 1.29 is 13.2 Å². The van der Waals surface area contributed by atoms with Crippen LogP contribution >= 0.6 is 0 Å². The normalized spacial score (nSPS) is 16.1. The van der Waals surface area contributed by atoms with Crippen molar-refractivity contribution in [2.45, 2.75) is 45.1 Å². The molecule has 0 aliphatic carbocycles. The van der Waals surface area contributed by atoms with Gasteiger partial charge in [-0.25, -0.2) is 8.42 Å².